The van der Waals surface area contributed by atoms with Gasteiger partial charge in [0.25, 0.3) is 0 Å². The lowest BCUT2D eigenvalue weighted by Crippen LogP contribution is -1.91. The van der Waals surface area contributed by atoms with Crippen LogP contribution in [-0.2, 0) is 6.42 Å². The second kappa shape index (κ2) is 5.20. The zero-order chi connectivity index (χ0) is 13.3. The van der Waals surface area contributed by atoms with Gasteiger partial charge in [-0.1, -0.05) is 31.9 Å². The maximum Gasteiger partial charge on any atom is 0.158 e. The van der Waals surface area contributed by atoms with Crippen molar-refractivity contribution in [3.05, 3.63) is 50.4 Å². The third kappa shape index (κ3) is 2.79. The van der Waals surface area contributed by atoms with Gasteiger partial charge in [0, 0.05) is 15.4 Å². The van der Waals surface area contributed by atoms with E-state index < -0.39 is 0 Å². The average molecular weight is 374 g/mol. The summed E-state index contributed by atoms with van der Waals surface area (Å²) in [7, 11) is 0. The van der Waals surface area contributed by atoms with Crippen LogP contribution >= 0.6 is 31.9 Å². The molecule has 0 bridgehead atoms. The van der Waals surface area contributed by atoms with Crippen molar-refractivity contribution in [2.75, 3.05) is 0 Å². The first-order valence-electron chi connectivity index (χ1n) is 5.15. The molecule has 0 spiro atoms. The van der Waals surface area contributed by atoms with Crippen LogP contribution in [0.15, 0.2) is 39.3 Å². The standard InChI is InChI=1S/C13H10Br2O3/c14-9-1-2-11(16)8(4-9)3-7-5-12(17)13(18)6-10(7)15/h1-2,4-6,16-18H,3H2. The Morgan fingerprint density at radius 2 is 1.44 bits per heavy atom. The zero-order valence-corrected chi connectivity index (χ0v) is 12.4. The largest absolute Gasteiger partial charge is 0.508 e. The fourth-order valence-electron chi connectivity index (χ4n) is 1.63. The summed E-state index contributed by atoms with van der Waals surface area (Å²) in [5.41, 5.74) is 1.51. The molecular weight excluding hydrogens is 364 g/mol. The summed E-state index contributed by atoms with van der Waals surface area (Å²) in [5, 5.41) is 28.6. The van der Waals surface area contributed by atoms with Crippen LogP contribution in [0.2, 0.25) is 0 Å². The highest BCUT2D eigenvalue weighted by molar-refractivity contribution is 9.10. The number of phenols is 3. The van der Waals surface area contributed by atoms with Crippen molar-refractivity contribution in [2.24, 2.45) is 0 Å². The van der Waals surface area contributed by atoms with E-state index in [1.807, 2.05) is 6.07 Å². The predicted octanol–water partition coefficient (Wildman–Crippen LogP) is 3.92. The maximum absolute atomic E-state index is 9.76. The number of benzene rings is 2. The van der Waals surface area contributed by atoms with Gasteiger partial charge < -0.3 is 15.3 Å². The first-order valence-corrected chi connectivity index (χ1v) is 6.73. The minimum Gasteiger partial charge on any atom is -0.508 e. The van der Waals surface area contributed by atoms with E-state index in [4.69, 9.17) is 0 Å². The van der Waals surface area contributed by atoms with Gasteiger partial charge in [-0.15, -0.1) is 0 Å². The van der Waals surface area contributed by atoms with Gasteiger partial charge in [0.2, 0.25) is 0 Å². The molecule has 0 unspecified atom stereocenters. The van der Waals surface area contributed by atoms with E-state index in [9.17, 15) is 15.3 Å². The fourth-order valence-corrected chi connectivity index (χ4v) is 2.51. The quantitative estimate of drug-likeness (QED) is 0.699. The minimum atomic E-state index is -0.178. The lowest BCUT2D eigenvalue weighted by atomic mass is 10.0. The topological polar surface area (TPSA) is 60.7 Å². The van der Waals surface area contributed by atoms with Crippen LogP contribution in [0.1, 0.15) is 11.1 Å². The molecule has 0 aliphatic rings. The molecule has 0 saturated heterocycles. The summed E-state index contributed by atoms with van der Waals surface area (Å²) in [6, 6.07) is 8.07. The molecule has 94 valence electrons. The van der Waals surface area contributed by atoms with E-state index in [1.165, 1.54) is 12.1 Å². The van der Waals surface area contributed by atoms with Gasteiger partial charge in [-0.25, -0.2) is 0 Å². The normalized spacial score (nSPS) is 10.6. The molecule has 18 heavy (non-hydrogen) atoms. The molecule has 3 N–H and O–H groups in total. The van der Waals surface area contributed by atoms with Crippen molar-refractivity contribution in [1.82, 2.24) is 0 Å². The molecule has 0 fully saturated rings. The van der Waals surface area contributed by atoms with Gasteiger partial charge in [0.1, 0.15) is 5.75 Å². The van der Waals surface area contributed by atoms with Crippen LogP contribution in [-0.4, -0.2) is 15.3 Å². The van der Waals surface area contributed by atoms with E-state index >= 15 is 0 Å². The lowest BCUT2D eigenvalue weighted by molar-refractivity contribution is 0.403. The van der Waals surface area contributed by atoms with Gasteiger partial charge >= 0.3 is 0 Å². The highest BCUT2D eigenvalue weighted by atomic mass is 79.9. The van der Waals surface area contributed by atoms with Gasteiger partial charge in [-0.3, -0.25) is 0 Å². The Morgan fingerprint density at radius 3 is 2.17 bits per heavy atom. The summed E-state index contributed by atoms with van der Waals surface area (Å²) in [5.74, 6) is -0.163. The summed E-state index contributed by atoms with van der Waals surface area (Å²) >= 11 is 6.66. The van der Waals surface area contributed by atoms with Crippen molar-refractivity contribution in [2.45, 2.75) is 6.42 Å². The van der Waals surface area contributed by atoms with Crippen molar-refractivity contribution < 1.29 is 15.3 Å². The second-order valence-corrected chi connectivity index (χ2v) is 5.65. The second-order valence-electron chi connectivity index (χ2n) is 3.88. The van der Waals surface area contributed by atoms with Crippen LogP contribution in [0.3, 0.4) is 0 Å². The molecule has 2 aromatic rings. The number of aromatic hydroxyl groups is 3. The predicted molar refractivity (Wildman–Crippen MR) is 76.1 cm³/mol. The number of rotatable bonds is 2. The van der Waals surface area contributed by atoms with Gasteiger partial charge in [0.05, 0.1) is 0 Å². The van der Waals surface area contributed by atoms with Crippen LogP contribution in [0.4, 0.5) is 0 Å². The highest BCUT2D eigenvalue weighted by Crippen LogP contribution is 2.34. The molecule has 2 aromatic carbocycles. The minimum absolute atomic E-state index is 0.177. The Hall–Kier alpha value is -1.20. The summed E-state index contributed by atoms with van der Waals surface area (Å²) in [6.07, 6.45) is 0.444. The highest BCUT2D eigenvalue weighted by Gasteiger charge is 2.10. The molecule has 0 saturated carbocycles. The maximum atomic E-state index is 9.76. The monoisotopic (exact) mass is 372 g/mol. The van der Waals surface area contributed by atoms with Crippen LogP contribution in [0.25, 0.3) is 0 Å². The van der Waals surface area contributed by atoms with Crippen molar-refractivity contribution in [1.29, 1.82) is 0 Å². The Labute approximate surface area is 121 Å². The van der Waals surface area contributed by atoms with Crippen LogP contribution < -0.4 is 0 Å². The number of hydrogen-bond donors (Lipinski definition) is 3. The first kappa shape index (κ1) is 13.2. The molecular formula is C13H10Br2O3. The molecule has 3 nitrogen and oxygen atoms in total. The Bertz CT molecular complexity index is 597. The van der Waals surface area contributed by atoms with E-state index in [0.29, 0.717) is 10.9 Å². The lowest BCUT2D eigenvalue weighted by Gasteiger charge is -2.09. The molecule has 0 heterocycles. The van der Waals surface area contributed by atoms with E-state index in [1.54, 1.807) is 12.1 Å². The SMILES string of the molecule is Oc1cc(Br)c(Cc2cc(Br)ccc2O)cc1O. The van der Waals surface area contributed by atoms with Crippen molar-refractivity contribution in [3.8, 4) is 17.2 Å². The Morgan fingerprint density at radius 1 is 0.778 bits per heavy atom. The smallest absolute Gasteiger partial charge is 0.158 e. The third-order valence-electron chi connectivity index (χ3n) is 2.57. The molecule has 0 atom stereocenters. The van der Waals surface area contributed by atoms with Gasteiger partial charge in [-0.2, -0.15) is 0 Å². The fraction of sp³-hybridized carbons (Fsp3) is 0.0769. The number of halogens is 2. The number of phenolic OH excluding ortho intramolecular Hbond substituents is 3. The van der Waals surface area contributed by atoms with Crippen LogP contribution in [0.5, 0.6) is 17.2 Å². The van der Waals surface area contributed by atoms with Gasteiger partial charge in [0.15, 0.2) is 11.5 Å². The Balaban J connectivity index is 2.40. The number of hydrogen-bond acceptors (Lipinski definition) is 3. The average Bonchev–Trinajstić information content (AvgIpc) is 2.30. The molecule has 0 aliphatic carbocycles. The van der Waals surface area contributed by atoms with E-state index in [0.717, 1.165) is 15.6 Å². The zero-order valence-electron chi connectivity index (χ0n) is 9.19. The molecule has 5 heteroatoms. The summed E-state index contributed by atoms with van der Waals surface area (Å²) in [6.45, 7) is 0. The summed E-state index contributed by atoms with van der Waals surface area (Å²) in [4.78, 5) is 0. The van der Waals surface area contributed by atoms with Crippen molar-refractivity contribution >= 4 is 31.9 Å². The van der Waals surface area contributed by atoms with E-state index in [2.05, 4.69) is 31.9 Å². The summed E-state index contributed by atoms with van der Waals surface area (Å²) < 4.78 is 1.55. The first-order chi connectivity index (χ1) is 8.47. The van der Waals surface area contributed by atoms with Gasteiger partial charge in [-0.05, 0) is 41.5 Å². The molecule has 0 aliphatic heterocycles. The van der Waals surface area contributed by atoms with E-state index in [-0.39, 0.29) is 17.2 Å². The Kier molecular flexibility index (Phi) is 3.82. The third-order valence-corrected chi connectivity index (χ3v) is 3.80. The van der Waals surface area contributed by atoms with Crippen LogP contribution in [0, 0.1) is 0 Å². The molecule has 0 amide bonds. The van der Waals surface area contributed by atoms with Crippen molar-refractivity contribution in [3.63, 3.8) is 0 Å². The molecule has 2 rings (SSSR count). The molecule has 0 radical (unpaired) electrons. The molecule has 0 aromatic heterocycles.